The zero-order valence-electron chi connectivity index (χ0n) is 10.3. The fraction of sp³-hybridized carbons (Fsp3) is 0.200. The largest absolute Gasteiger partial charge is 0.327 e. The molecule has 1 aromatic carbocycles. The van der Waals surface area contributed by atoms with Crippen LogP contribution in [-0.2, 0) is 0 Å². The fourth-order valence-electron chi connectivity index (χ4n) is 1.73. The monoisotopic (exact) mass is 321 g/mol. The Bertz CT molecular complexity index is 551. The lowest BCUT2D eigenvalue weighted by Crippen LogP contribution is -2.01. The minimum absolute atomic E-state index is 0.640. The highest BCUT2D eigenvalue weighted by molar-refractivity contribution is 9.10. The van der Waals surface area contributed by atoms with Crippen molar-refractivity contribution in [2.45, 2.75) is 13.3 Å². The maximum absolute atomic E-state index is 5.70. The Hall–Kier alpha value is -0.900. The molecule has 0 unspecified atom stereocenters. The molecule has 0 amide bonds. The highest BCUT2D eigenvalue weighted by Gasteiger charge is 2.02. The molecule has 0 bridgehead atoms. The van der Waals surface area contributed by atoms with Crippen LogP contribution in [0.1, 0.15) is 18.2 Å². The molecule has 0 saturated heterocycles. The van der Waals surface area contributed by atoms with Gasteiger partial charge in [0.1, 0.15) is 0 Å². The second-order valence-corrected chi connectivity index (χ2v) is 6.10. The van der Waals surface area contributed by atoms with Crippen LogP contribution in [0, 0.1) is 0 Å². The summed E-state index contributed by atoms with van der Waals surface area (Å²) in [4.78, 5) is 2.56. The molecule has 1 nitrogen and oxygen atoms in total. The number of hydrogen-bond donors (Lipinski definition) is 1. The van der Waals surface area contributed by atoms with Crippen molar-refractivity contribution >= 4 is 33.3 Å². The highest BCUT2D eigenvalue weighted by atomic mass is 79.9. The summed E-state index contributed by atoms with van der Waals surface area (Å²) in [6.45, 7) is 2.78. The Kier molecular flexibility index (Phi) is 4.75. The molecule has 0 spiro atoms. The first-order valence-electron chi connectivity index (χ1n) is 5.98. The Labute approximate surface area is 120 Å². The van der Waals surface area contributed by atoms with Gasteiger partial charge in [0.15, 0.2) is 0 Å². The molecule has 0 aliphatic rings. The van der Waals surface area contributed by atoms with E-state index in [2.05, 4.69) is 59.3 Å². The maximum atomic E-state index is 5.70. The fourth-order valence-corrected chi connectivity index (χ4v) is 3.13. The van der Waals surface area contributed by atoms with Gasteiger partial charge in [-0.05, 0) is 42.3 Å². The summed E-state index contributed by atoms with van der Waals surface area (Å²) in [5.41, 5.74) is 8.24. The SMILES string of the molecule is CCC(=Cc1ccc(-c2cccc(Br)c2)s1)CN. The van der Waals surface area contributed by atoms with Gasteiger partial charge in [0, 0.05) is 20.8 Å². The lowest BCUT2D eigenvalue weighted by Gasteiger charge is -1.99. The number of thiophene rings is 1. The summed E-state index contributed by atoms with van der Waals surface area (Å²) in [6, 6.07) is 12.7. The molecule has 0 atom stereocenters. The van der Waals surface area contributed by atoms with E-state index in [4.69, 9.17) is 5.73 Å². The van der Waals surface area contributed by atoms with E-state index in [1.54, 1.807) is 11.3 Å². The molecule has 2 N–H and O–H groups in total. The molecule has 2 rings (SSSR count). The van der Waals surface area contributed by atoms with Gasteiger partial charge in [0.25, 0.3) is 0 Å². The summed E-state index contributed by atoms with van der Waals surface area (Å²) in [5, 5.41) is 0. The first kappa shape index (κ1) is 13.5. The topological polar surface area (TPSA) is 26.0 Å². The van der Waals surface area contributed by atoms with Gasteiger partial charge in [-0.25, -0.2) is 0 Å². The number of nitrogens with two attached hydrogens (primary N) is 1. The normalized spacial score (nSPS) is 11.8. The van der Waals surface area contributed by atoms with Crippen LogP contribution >= 0.6 is 27.3 Å². The molecule has 0 saturated carbocycles. The molecular weight excluding hydrogens is 306 g/mol. The van der Waals surface area contributed by atoms with Crippen molar-refractivity contribution in [2.24, 2.45) is 5.73 Å². The number of halogens is 1. The molecule has 0 aliphatic carbocycles. The number of hydrogen-bond acceptors (Lipinski definition) is 2. The molecule has 94 valence electrons. The Morgan fingerprint density at radius 1 is 1.33 bits per heavy atom. The second kappa shape index (κ2) is 6.32. The molecule has 1 aromatic heterocycles. The molecule has 3 heteroatoms. The summed E-state index contributed by atoms with van der Waals surface area (Å²) < 4.78 is 1.11. The molecule has 0 radical (unpaired) electrons. The first-order valence-corrected chi connectivity index (χ1v) is 7.59. The van der Waals surface area contributed by atoms with E-state index in [9.17, 15) is 0 Å². The van der Waals surface area contributed by atoms with Crippen molar-refractivity contribution in [3.63, 3.8) is 0 Å². The van der Waals surface area contributed by atoms with E-state index in [1.807, 2.05) is 6.07 Å². The zero-order chi connectivity index (χ0) is 13.0. The van der Waals surface area contributed by atoms with Gasteiger partial charge in [-0.2, -0.15) is 0 Å². The minimum atomic E-state index is 0.640. The van der Waals surface area contributed by atoms with E-state index >= 15 is 0 Å². The van der Waals surface area contributed by atoms with Gasteiger partial charge in [0.05, 0.1) is 0 Å². The van der Waals surface area contributed by atoms with Crippen LogP contribution < -0.4 is 5.73 Å². The summed E-state index contributed by atoms with van der Waals surface area (Å²) in [7, 11) is 0. The van der Waals surface area contributed by atoms with Gasteiger partial charge in [-0.3, -0.25) is 0 Å². The Balaban J connectivity index is 2.28. The molecule has 0 fully saturated rings. The van der Waals surface area contributed by atoms with Crippen molar-refractivity contribution in [3.8, 4) is 10.4 Å². The highest BCUT2D eigenvalue weighted by Crippen LogP contribution is 2.31. The Morgan fingerprint density at radius 3 is 2.83 bits per heavy atom. The van der Waals surface area contributed by atoms with Gasteiger partial charge < -0.3 is 5.73 Å². The van der Waals surface area contributed by atoms with Crippen LogP contribution in [0.3, 0.4) is 0 Å². The molecule has 1 heterocycles. The third-order valence-corrected chi connectivity index (χ3v) is 4.37. The van der Waals surface area contributed by atoms with Crippen molar-refractivity contribution in [2.75, 3.05) is 6.54 Å². The van der Waals surface area contributed by atoms with Crippen LogP contribution in [0.25, 0.3) is 16.5 Å². The van der Waals surface area contributed by atoms with Crippen LogP contribution in [0.15, 0.2) is 46.4 Å². The minimum Gasteiger partial charge on any atom is -0.327 e. The zero-order valence-corrected chi connectivity index (χ0v) is 12.7. The van der Waals surface area contributed by atoms with Crippen molar-refractivity contribution in [1.29, 1.82) is 0 Å². The van der Waals surface area contributed by atoms with Crippen LogP contribution in [0.4, 0.5) is 0 Å². The van der Waals surface area contributed by atoms with Crippen molar-refractivity contribution in [3.05, 3.63) is 51.3 Å². The molecule has 18 heavy (non-hydrogen) atoms. The maximum Gasteiger partial charge on any atom is 0.0349 e. The van der Waals surface area contributed by atoms with E-state index in [1.165, 1.54) is 20.9 Å². The van der Waals surface area contributed by atoms with Crippen molar-refractivity contribution in [1.82, 2.24) is 0 Å². The standard InChI is InChI=1S/C15H16BrNS/c1-2-11(10-17)8-14-6-7-15(18-14)12-4-3-5-13(16)9-12/h3-9H,2,10,17H2,1H3. The lowest BCUT2D eigenvalue weighted by atomic mass is 10.2. The average Bonchev–Trinajstić information content (AvgIpc) is 2.84. The smallest absolute Gasteiger partial charge is 0.0349 e. The van der Waals surface area contributed by atoms with Gasteiger partial charge in [0.2, 0.25) is 0 Å². The lowest BCUT2D eigenvalue weighted by molar-refractivity contribution is 1.02. The summed E-state index contributed by atoms with van der Waals surface area (Å²) >= 11 is 5.31. The number of benzene rings is 1. The second-order valence-electron chi connectivity index (χ2n) is 4.07. The molecule has 0 aliphatic heterocycles. The predicted molar refractivity (Wildman–Crippen MR) is 84.8 cm³/mol. The Morgan fingerprint density at radius 2 is 2.17 bits per heavy atom. The van der Waals surface area contributed by atoms with E-state index < -0.39 is 0 Å². The third-order valence-electron chi connectivity index (χ3n) is 2.80. The first-order chi connectivity index (χ1) is 8.72. The average molecular weight is 322 g/mol. The third kappa shape index (κ3) is 3.31. The van der Waals surface area contributed by atoms with E-state index in [0.717, 1.165) is 10.9 Å². The quantitative estimate of drug-likeness (QED) is 0.848. The van der Waals surface area contributed by atoms with Gasteiger partial charge in [-0.1, -0.05) is 40.6 Å². The van der Waals surface area contributed by atoms with E-state index in [-0.39, 0.29) is 0 Å². The number of rotatable bonds is 4. The predicted octanol–water partition coefficient (Wildman–Crippen LogP) is 4.93. The van der Waals surface area contributed by atoms with Crippen molar-refractivity contribution < 1.29 is 0 Å². The molecular formula is C15H16BrNS. The molecule has 2 aromatic rings. The van der Waals surface area contributed by atoms with Crippen LogP contribution in [0.5, 0.6) is 0 Å². The van der Waals surface area contributed by atoms with Gasteiger partial charge in [-0.15, -0.1) is 11.3 Å². The van der Waals surface area contributed by atoms with Gasteiger partial charge >= 0.3 is 0 Å². The summed E-state index contributed by atoms with van der Waals surface area (Å²) in [5.74, 6) is 0. The summed E-state index contributed by atoms with van der Waals surface area (Å²) in [6.07, 6.45) is 3.22. The van der Waals surface area contributed by atoms with E-state index in [0.29, 0.717) is 6.54 Å². The van der Waals surface area contributed by atoms with Crippen LogP contribution in [-0.4, -0.2) is 6.54 Å². The van der Waals surface area contributed by atoms with Crippen LogP contribution in [0.2, 0.25) is 0 Å².